The first-order valence-corrected chi connectivity index (χ1v) is 20.2. The minimum absolute atomic E-state index is 1.14. The van der Waals surface area contributed by atoms with Crippen LogP contribution in [0.5, 0.6) is 0 Å². The molecule has 0 aliphatic heterocycles. The summed E-state index contributed by atoms with van der Waals surface area (Å²) in [6, 6.07) is 66.6. The fourth-order valence-corrected chi connectivity index (χ4v) is 11.1. The minimum Gasteiger partial charge on any atom is -0.310 e. The lowest BCUT2D eigenvalue weighted by molar-refractivity contribution is 1.30. The normalized spacial score (nSPS) is 11.8. The Morgan fingerprint density at radius 1 is 0.226 bits per heavy atom. The molecule has 3 aromatic heterocycles. The number of fused-ring (bicyclic) bond motifs is 9. The second-order valence-corrected chi connectivity index (χ2v) is 16.6. The number of hydrogen-bond acceptors (Lipinski definition) is 5. The van der Waals surface area contributed by atoms with Gasteiger partial charge in [0.25, 0.3) is 0 Å². The van der Waals surface area contributed by atoms with Gasteiger partial charge in [-0.3, -0.25) is 0 Å². The molecule has 0 amide bonds. The van der Waals surface area contributed by atoms with E-state index in [0.717, 1.165) is 34.1 Å². The smallest absolute Gasteiger partial charge is 0.0476 e. The van der Waals surface area contributed by atoms with Gasteiger partial charge in [0.2, 0.25) is 0 Å². The second-order valence-electron chi connectivity index (χ2n) is 13.4. The molecular weight excluding hydrogens is 701 g/mol. The molecule has 11 aromatic rings. The molecule has 0 radical (unpaired) electrons. The first-order chi connectivity index (χ1) is 26.2. The monoisotopic (exact) mass is 730 g/mol. The van der Waals surface area contributed by atoms with Crippen LogP contribution in [0.2, 0.25) is 0 Å². The second kappa shape index (κ2) is 12.3. The lowest BCUT2D eigenvalue weighted by Gasteiger charge is -2.26. The Labute approximate surface area is 318 Å². The molecule has 0 saturated carbocycles. The van der Waals surface area contributed by atoms with Crippen molar-refractivity contribution in [2.75, 3.05) is 9.80 Å². The predicted octanol–water partition coefficient (Wildman–Crippen LogP) is 15.7. The molecule has 0 aliphatic rings. The van der Waals surface area contributed by atoms with Crippen LogP contribution < -0.4 is 9.80 Å². The third kappa shape index (κ3) is 5.12. The van der Waals surface area contributed by atoms with Gasteiger partial charge in [-0.05, 0) is 97.1 Å². The summed E-state index contributed by atoms with van der Waals surface area (Å²) in [5.74, 6) is 0. The zero-order chi connectivity index (χ0) is 34.9. The van der Waals surface area contributed by atoms with Crippen LogP contribution in [0.25, 0.3) is 60.5 Å². The number of anilines is 6. The standard InChI is InChI=1S/C48H30N2S3/c1-3-11-31(12-4-1)49(33-21-25-45-41(27-33)38-16-8-10-18-44(38)51-45)34-22-26-46-42(28-34)40-24-20-36(30-48(40)53-46)50(32-13-5-2-6-14-32)35-19-23-39-37-15-7-9-17-43(37)52-47(39)29-35/h1-30H. The first-order valence-electron chi connectivity index (χ1n) is 17.7. The van der Waals surface area contributed by atoms with Crippen molar-refractivity contribution in [3.8, 4) is 0 Å². The highest BCUT2D eigenvalue weighted by molar-refractivity contribution is 7.26. The molecule has 0 unspecified atom stereocenters. The van der Waals surface area contributed by atoms with E-state index < -0.39 is 0 Å². The highest BCUT2D eigenvalue weighted by Crippen LogP contribution is 2.46. The first kappa shape index (κ1) is 30.6. The summed E-state index contributed by atoms with van der Waals surface area (Å²) in [6.07, 6.45) is 0. The van der Waals surface area contributed by atoms with Gasteiger partial charge >= 0.3 is 0 Å². The van der Waals surface area contributed by atoms with Crippen molar-refractivity contribution in [2.24, 2.45) is 0 Å². The molecular formula is C48H30N2S3. The van der Waals surface area contributed by atoms with Gasteiger partial charge in [-0.1, -0.05) is 84.9 Å². The van der Waals surface area contributed by atoms with Crippen molar-refractivity contribution < 1.29 is 0 Å². The largest absolute Gasteiger partial charge is 0.310 e. The van der Waals surface area contributed by atoms with E-state index in [1.807, 2.05) is 34.0 Å². The molecule has 250 valence electrons. The van der Waals surface area contributed by atoms with Crippen LogP contribution in [0.1, 0.15) is 0 Å². The molecule has 53 heavy (non-hydrogen) atoms. The average Bonchev–Trinajstić information content (AvgIpc) is 3.89. The molecule has 2 nitrogen and oxygen atoms in total. The summed E-state index contributed by atoms with van der Waals surface area (Å²) in [5, 5.41) is 7.79. The van der Waals surface area contributed by atoms with Gasteiger partial charge in [0, 0.05) is 94.6 Å². The van der Waals surface area contributed by atoms with Crippen LogP contribution in [0.15, 0.2) is 182 Å². The molecule has 3 heterocycles. The maximum atomic E-state index is 2.39. The fraction of sp³-hybridized carbons (Fsp3) is 0. The maximum Gasteiger partial charge on any atom is 0.0476 e. The topological polar surface area (TPSA) is 6.48 Å². The zero-order valence-corrected chi connectivity index (χ0v) is 30.9. The average molecular weight is 731 g/mol. The Balaban J connectivity index is 1.04. The van der Waals surface area contributed by atoms with Crippen LogP contribution in [-0.2, 0) is 0 Å². The van der Waals surface area contributed by atoms with E-state index in [9.17, 15) is 0 Å². The summed E-state index contributed by atoms with van der Waals surface area (Å²) in [5.41, 5.74) is 6.90. The van der Waals surface area contributed by atoms with Gasteiger partial charge in [0.1, 0.15) is 0 Å². The molecule has 0 saturated heterocycles. The van der Waals surface area contributed by atoms with Crippen LogP contribution in [0.4, 0.5) is 34.1 Å². The molecule has 0 bridgehead atoms. The van der Waals surface area contributed by atoms with E-state index in [1.165, 1.54) is 60.5 Å². The van der Waals surface area contributed by atoms with Gasteiger partial charge in [0.15, 0.2) is 0 Å². The third-order valence-corrected chi connectivity index (χ3v) is 13.6. The Kier molecular flexibility index (Phi) is 7.12. The van der Waals surface area contributed by atoms with Crippen molar-refractivity contribution in [1.29, 1.82) is 0 Å². The van der Waals surface area contributed by atoms with Crippen molar-refractivity contribution in [2.45, 2.75) is 0 Å². The maximum absolute atomic E-state index is 2.39. The quantitative estimate of drug-likeness (QED) is 0.168. The van der Waals surface area contributed by atoms with Crippen LogP contribution in [0, 0.1) is 0 Å². The number of rotatable bonds is 6. The lowest BCUT2D eigenvalue weighted by Crippen LogP contribution is -2.09. The Hall–Kier alpha value is -5.98. The van der Waals surface area contributed by atoms with E-state index in [4.69, 9.17) is 0 Å². The number of thiophene rings is 3. The summed E-state index contributed by atoms with van der Waals surface area (Å²) >= 11 is 5.59. The molecule has 8 aromatic carbocycles. The van der Waals surface area contributed by atoms with Crippen molar-refractivity contribution >= 4 is 129 Å². The molecule has 5 heteroatoms. The molecule has 0 aliphatic carbocycles. The molecule has 11 rings (SSSR count). The van der Waals surface area contributed by atoms with E-state index in [-0.39, 0.29) is 0 Å². The molecule has 0 atom stereocenters. The van der Waals surface area contributed by atoms with Gasteiger partial charge in [0.05, 0.1) is 0 Å². The van der Waals surface area contributed by atoms with Crippen LogP contribution in [-0.4, -0.2) is 0 Å². The van der Waals surface area contributed by atoms with Crippen LogP contribution in [0.3, 0.4) is 0 Å². The van der Waals surface area contributed by atoms with Crippen molar-refractivity contribution in [1.82, 2.24) is 0 Å². The van der Waals surface area contributed by atoms with Gasteiger partial charge in [-0.15, -0.1) is 34.0 Å². The zero-order valence-electron chi connectivity index (χ0n) is 28.4. The Morgan fingerprint density at radius 2 is 0.566 bits per heavy atom. The Bertz CT molecular complexity index is 3140. The molecule has 0 fully saturated rings. The minimum atomic E-state index is 1.14. The number of hydrogen-bond donors (Lipinski definition) is 0. The third-order valence-electron chi connectivity index (χ3n) is 10.2. The van der Waals surface area contributed by atoms with E-state index in [0.29, 0.717) is 0 Å². The summed E-state index contributed by atoms with van der Waals surface area (Å²) in [6.45, 7) is 0. The molecule has 0 spiro atoms. The number of nitrogens with zero attached hydrogens (tertiary/aromatic N) is 2. The SMILES string of the molecule is c1ccc(N(c2ccc3c(c2)sc2ccccc23)c2ccc3c(c2)sc2ccc(N(c4ccccc4)c4ccc5sc6ccccc6c5c4)cc23)cc1. The summed E-state index contributed by atoms with van der Waals surface area (Å²) in [4.78, 5) is 4.78. The number of benzene rings is 8. The Morgan fingerprint density at radius 3 is 1.08 bits per heavy atom. The predicted molar refractivity (Wildman–Crippen MR) is 234 cm³/mol. The van der Waals surface area contributed by atoms with Crippen molar-refractivity contribution in [3.63, 3.8) is 0 Å². The molecule has 0 N–H and O–H groups in total. The lowest BCUT2D eigenvalue weighted by atomic mass is 10.1. The van der Waals surface area contributed by atoms with E-state index in [2.05, 4.69) is 192 Å². The summed E-state index contributed by atoms with van der Waals surface area (Å²) in [7, 11) is 0. The van der Waals surface area contributed by atoms with Gasteiger partial charge in [-0.2, -0.15) is 0 Å². The van der Waals surface area contributed by atoms with E-state index >= 15 is 0 Å². The van der Waals surface area contributed by atoms with E-state index in [1.54, 1.807) is 0 Å². The van der Waals surface area contributed by atoms with Gasteiger partial charge < -0.3 is 9.80 Å². The highest BCUT2D eigenvalue weighted by Gasteiger charge is 2.19. The van der Waals surface area contributed by atoms with Gasteiger partial charge in [-0.25, -0.2) is 0 Å². The van der Waals surface area contributed by atoms with Crippen LogP contribution >= 0.6 is 34.0 Å². The fourth-order valence-electron chi connectivity index (χ4n) is 7.79. The highest BCUT2D eigenvalue weighted by atomic mass is 32.1. The summed E-state index contributed by atoms with van der Waals surface area (Å²) < 4.78 is 7.81. The number of para-hydroxylation sites is 2. The van der Waals surface area contributed by atoms with Crippen molar-refractivity contribution in [3.05, 3.63) is 182 Å².